The molecular formula is C18H22N4O2. The second kappa shape index (κ2) is 6.36. The highest BCUT2D eigenvalue weighted by molar-refractivity contribution is 5.79. The Morgan fingerprint density at radius 1 is 1.29 bits per heavy atom. The lowest BCUT2D eigenvalue weighted by Crippen LogP contribution is -2.51. The number of fused-ring (bicyclic) bond motifs is 1. The Labute approximate surface area is 141 Å². The van der Waals surface area contributed by atoms with Crippen molar-refractivity contribution in [3.05, 3.63) is 41.7 Å². The van der Waals surface area contributed by atoms with E-state index in [0.717, 1.165) is 36.3 Å². The molecule has 0 bridgehead atoms. The van der Waals surface area contributed by atoms with Crippen molar-refractivity contribution in [2.75, 3.05) is 13.2 Å². The van der Waals surface area contributed by atoms with Gasteiger partial charge in [-0.05, 0) is 38.3 Å². The summed E-state index contributed by atoms with van der Waals surface area (Å²) >= 11 is 0. The first-order chi connectivity index (χ1) is 11.7. The number of hydrogen-bond acceptors (Lipinski definition) is 4. The van der Waals surface area contributed by atoms with Crippen molar-refractivity contribution >= 4 is 5.91 Å². The zero-order valence-corrected chi connectivity index (χ0v) is 13.9. The van der Waals surface area contributed by atoms with Crippen molar-refractivity contribution < 1.29 is 9.53 Å². The van der Waals surface area contributed by atoms with Gasteiger partial charge in [0.2, 0.25) is 5.91 Å². The van der Waals surface area contributed by atoms with E-state index in [-0.39, 0.29) is 18.1 Å². The van der Waals surface area contributed by atoms with E-state index in [1.165, 1.54) is 0 Å². The molecule has 2 fully saturated rings. The number of morpholine rings is 1. The first-order valence-corrected chi connectivity index (χ1v) is 8.61. The van der Waals surface area contributed by atoms with Crippen LogP contribution in [0.2, 0.25) is 0 Å². The standard InChI is InChI=1S/C18H22N4O2/c1-13-15(19-20-22(13)14-6-3-2-4-7-14)12-18(23)21-10-11-24-17-9-5-8-16(17)21/h2-4,6-7,16-17H,5,8-12H2,1H3/t16-,17+/m1/s1. The van der Waals surface area contributed by atoms with E-state index < -0.39 is 0 Å². The molecule has 6 nitrogen and oxygen atoms in total. The molecule has 0 radical (unpaired) electrons. The number of carbonyl (C=O) groups is 1. The monoisotopic (exact) mass is 326 g/mol. The highest BCUT2D eigenvalue weighted by Gasteiger charge is 2.38. The molecule has 24 heavy (non-hydrogen) atoms. The highest BCUT2D eigenvalue weighted by Crippen LogP contribution is 2.30. The SMILES string of the molecule is Cc1c(CC(=O)N2CCO[C@H]3CCC[C@H]32)nnn1-c1ccccc1. The van der Waals surface area contributed by atoms with E-state index >= 15 is 0 Å². The van der Waals surface area contributed by atoms with E-state index in [4.69, 9.17) is 4.74 Å². The van der Waals surface area contributed by atoms with Crippen molar-refractivity contribution in [2.24, 2.45) is 0 Å². The van der Waals surface area contributed by atoms with Crippen LogP contribution in [0.4, 0.5) is 0 Å². The molecule has 2 heterocycles. The normalized spacial score (nSPS) is 23.3. The van der Waals surface area contributed by atoms with Gasteiger partial charge in [-0.2, -0.15) is 0 Å². The first kappa shape index (κ1) is 15.3. The van der Waals surface area contributed by atoms with Crippen molar-refractivity contribution in [2.45, 2.75) is 44.8 Å². The number of aromatic nitrogens is 3. The molecule has 4 rings (SSSR count). The Kier molecular flexibility index (Phi) is 4.06. The van der Waals surface area contributed by atoms with Crippen LogP contribution in [-0.2, 0) is 16.0 Å². The summed E-state index contributed by atoms with van der Waals surface area (Å²) in [5.74, 6) is 0.137. The summed E-state index contributed by atoms with van der Waals surface area (Å²) in [5, 5.41) is 8.47. The smallest absolute Gasteiger partial charge is 0.229 e. The molecule has 1 amide bonds. The molecule has 1 saturated carbocycles. The summed E-state index contributed by atoms with van der Waals surface area (Å²) in [6.45, 7) is 3.29. The molecule has 1 aromatic carbocycles. The topological polar surface area (TPSA) is 60.3 Å². The maximum absolute atomic E-state index is 12.8. The summed E-state index contributed by atoms with van der Waals surface area (Å²) in [5.41, 5.74) is 2.64. The van der Waals surface area contributed by atoms with Gasteiger partial charge in [-0.1, -0.05) is 23.4 Å². The van der Waals surface area contributed by atoms with Gasteiger partial charge in [0.05, 0.1) is 42.2 Å². The summed E-state index contributed by atoms with van der Waals surface area (Å²) in [7, 11) is 0. The average molecular weight is 326 g/mol. The number of rotatable bonds is 3. The van der Waals surface area contributed by atoms with Crippen LogP contribution in [-0.4, -0.2) is 51.1 Å². The van der Waals surface area contributed by atoms with E-state index in [1.807, 2.05) is 42.2 Å². The molecule has 6 heteroatoms. The first-order valence-electron chi connectivity index (χ1n) is 8.61. The van der Waals surface area contributed by atoms with Crippen LogP contribution in [0, 0.1) is 6.92 Å². The second-order valence-corrected chi connectivity index (χ2v) is 6.54. The Bertz CT molecular complexity index is 728. The Morgan fingerprint density at radius 2 is 2.12 bits per heavy atom. The van der Waals surface area contributed by atoms with Crippen LogP contribution in [0.25, 0.3) is 5.69 Å². The van der Waals surface area contributed by atoms with Crippen molar-refractivity contribution in [1.29, 1.82) is 0 Å². The van der Waals surface area contributed by atoms with Crippen LogP contribution in [0.1, 0.15) is 30.7 Å². The van der Waals surface area contributed by atoms with Gasteiger partial charge in [0.25, 0.3) is 0 Å². The molecule has 0 N–H and O–H groups in total. The number of benzene rings is 1. The number of nitrogens with zero attached hydrogens (tertiary/aromatic N) is 4. The van der Waals surface area contributed by atoms with Gasteiger partial charge in [0.15, 0.2) is 0 Å². The van der Waals surface area contributed by atoms with Gasteiger partial charge in [-0.25, -0.2) is 4.68 Å². The predicted octanol–water partition coefficient (Wildman–Crippen LogP) is 1.90. The van der Waals surface area contributed by atoms with E-state index in [1.54, 1.807) is 4.68 Å². The minimum Gasteiger partial charge on any atom is -0.374 e. The molecule has 2 aliphatic rings. The molecule has 1 saturated heterocycles. The predicted molar refractivity (Wildman–Crippen MR) is 88.9 cm³/mol. The lowest BCUT2D eigenvalue weighted by molar-refractivity contribution is -0.143. The maximum atomic E-state index is 12.8. The minimum absolute atomic E-state index is 0.137. The average Bonchev–Trinajstić information content (AvgIpc) is 3.22. The van der Waals surface area contributed by atoms with Crippen molar-refractivity contribution in [1.82, 2.24) is 19.9 Å². The lowest BCUT2D eigenvalue weighted by Gasteiger charge is -2.37. The Balaban J connectivity index is 1.51. The van der Waals surface area contributed by atoms with E-state index in [9.17, 15) is 4.79 Å². The third kappa shape index (κ3) is 2.71. The quantitative estimate of drug-likeness (QED) is 0.864. The maximum Gasteiger partial charge on any atom is 0.229 e. The van der Waals surface area contributed by atoms with Crippen LogP contribution in [0.15, 0.2) is 30.3 Å². The van der Waals surface area contributed by atoms with Gasteiger partial charge in [-0.15, -0.1) is 5.10 Å². The minimum atomic E-state index is 0.137. The zero-order valence-electron chi connectivity index (χ0n) is 13.9. The molecule has 0 unspecified atom stereocenters. The Hall–Kier alpha value is -2.21. The number of para-hydroxylation sites is 1. The molecule has 1 aromatic heterocycles. The molecule has 2 atom stereocenters. The van der Waals surface area contributed by atoms with Crippen LogP contribution >= 0.6 is 0 Å². The summed E-state index contributed by atoms with van der Waals surface area (Å²) in [4.78, 5) is 14.8. The molecule has 126 valence electrons. The molecule has 2 aromatic rings. The largest absolute Gasteiger partial charge is 0.374 e. The molecule has 1 aliphatic heterocycles. The number of carbonyl (C=O) groups excluding carboxylic acids is 1. The van der Waals surface area contributed by atoms with Gasteiger partial charge in [0, 0.05) is 6.54 Å². The van der Waals surface area contributed by atoms with Crippen LogP contribution < -0.4 is 0 Å². The highest BCUT2D eigenvalue weighted by atomic mass is 16.5. The van der Waals surface area contributed by atoms with Crippen molar-refractivity contribution in [3.8, 4) is 5.69 Å². The van der Waals surface area contributed by atoms with Gasteiger partial charge < -0.3 is 9.64 Å². The molecular weight excluding hydrogens is 304 g/mol. The lowest BCUT2D eigenvalue weighted by atomic mass is 10.1. The van der Waals surface area contributed by atoms with Crippen molar-refractivity contribution in [3.63, 3.8) is 0 Å². The van der Waals surface area contributed by atoms with Gasteiger partial charge >= 0.3 is 0 Å². The fourth-order valence-corrected chi connectivity index (χ4v) is 3.82. The summed E-state index contributed by atoms with van der Waals surface area (Å²) in [6, 6.07) is 10.1. The second-order valence-electron chi connectivity index (χ2n) is 6.54. The fourth-order valence-electron chi connectivity index (χ4n) is 3.82. The van der Waals surface area contributed by atoms with Gasteiger partial charge in [-0.3, -0.25) is 4.79 Å². The van der Waals surface area contributed by atoms with Crippen LogP contribution in [0.3, 0.4) is 0 Å². The van der Waals surface area contributed by atoms with E-state index in [0.29, 0.717) is 19.6 Å². The van der Waals surface area contributed by atoms with Gasteiger partial charge in [0.1, 0.15) is 0 Å². The van der Waals surface area contributed by atoms with Crippen LogP contribution in [0.5, 0.6) is 0 Å². The third-order valence-corrected chi connectivity index (χ3v) is 5.11. The number of ether oxygens (including phenoxy) is 1. The Morgan fingerprint density at radius 3 is 2.96 bits per heavy atom. The summed E-state index contributed by atoms with van der Waals surface area (Å²) in [6.07, 6.45) is 3.79. The summed E-state index contributed by atoms with van der Waals surface area (Å²) < 4.78 is 7.58. The zero-order chi connectivity index (χ0) is 16.5. The molecule has 0 spiro atoms. The number of amides is 1. The third-order valence-electron chi connectivity index (χ3n) is 5.11. The fraction of sp³-hybridized carbons (Fsp3) is 0.500. The van der Waals surface area contributed by atoms with E-state index in [2.05, 4.69) is 10.3 Å². The molecule has 1 aliphatic carbocycles. The number of hydrogen-bond donors (Lipinski definition) is 0.